The lowest BCUT2D eigenvalue weighted by molar-refractivity contribution is -0.137. The molecule has 0 saturated carbocycles. The van der Waals surface area contributed by atoms with Crippen molar-refractivity contribution in [3.05, 3.63) is 83.8 Å². The van der Waals surface area contributed by atoms with Crippen molar-refractivity contribution in [1.82, 2.24) is 9.80 Å². The standard InChI is InChI=1S/C27H30N2O5/c1-32-24-11-10-20(15-25(24)33-2)12-13-28-18-22(16-26(28)30)27(31)29(19-23-9-6-14-34-23)17-21-7-4-3-5-8-21/h3-11,14-15,22H,12-13,16-19H2,1-2H3. The first-order valence-electron chi connectivity index (χ1n) is 11.4. The summed E-state index contributed by atoms with van der Waals surface area (Å²) in [6.45, 7) is 1.82. The molecule has 1 aliphatic rings. The van der Waals surface area contributed by atoms with Crippen molar-refractivity contribution in [3.63, 3.8) is 0 Å². The van der Waals surface area contributed by atoms with Gasteiger partial charge in [-0.1, -0.05) is 36.4 Å². The number of ether oxygens (including phenoxy) is 2. The van der Waals surface area contributed by atoms with Crippen molar-refractivity contribution in [1.29, 1.82) is 0 Å². The predicted molar refractivity (Wildman–Crippen MR) is 127 cm³/mol. The van der Waals surface area contributed by atoms with Crippen LogP contribution in [0.1, 0.15) is 23.3 Å². The van der Waals surface area contributed by atoms with Crippen molar-refractivity contribution in [2.45, 2.75) is 25.9 Å². The number of hydrogen-bond donors (Lipinski definition) is 0. The molecule has 1 aliphatic heterocycles. The Morgan fingerprint density at radius 1 is 1.00 bits per heavy atom. The molecule has 4 rings (SSSR count). The highest BCUT2D eigenvalue weighted by Crippen LogP contribution is 2.28. The Labute approximate surface area is 199 Å². The second-order valence-electron chi connectivity index (χ2n) is 8.44. The molecule has 0 N–H and O–H groups in total. The Morgan fingerprint density at radius 2 is 1.79 bits per heavy atom. The quantitative estimate of drug-likeness (QED) is 0.457. The first kappa shape index (κ1) is 23.4. The summed E-state index contributed by atoms with van der Waals surface area (Å²) < 4.78 is 16.2. The highest BCUT2D eigenvalue weighted by molar-refractivity contribution is 5.89. The van der Waals surface area contributed by atoms with Crippen LogP contribution >= 0.6 is 0 Å². The minimum absolute atomic E-state index is 0.0106. The fourth-order valence-electron chi connectivity index (χ4n) is 4.32. The number of hydrogen-bond acceptors (Lipinski definition) is 5. The molecule has 0 spiro atoms. The van der Waals surface area contributed by atoms with Crippen LogP contribution in [0.15, 0.2) is 71.3 Å². The molecular formula is C27H30N2O5. The Kier molecular flexibility index (Phi) is 7.52. The molecule has 34 heavy (non-hydrogen) atoms. The zero-order chi connectivity index (χ0) is 23.9. The van der Waals surface area contributed by atoms with Crippen LogP contribution in [0.3, 0.4) is 0 Å². The van der Waals surface area contributed by atoms with Gasteiger partial charge in [-0.2, -0.15) is 0 Å². The smallest absolute Gasteiger partial charge is 0.228 e. The van der Waals surface area contributed by atoms with Crippen molar-refractivity contribution in [2.24, 2.45) is 5.92 Å². The third-order valence-electron chi connectivity index (χ3n) is 6.14. The van der Waals surface area contributed by atoms with Crippen LogP contribution in [0.2, 0.25) is 0 Å². The summed E-state index contributed by atoms with van der Waals surface area (Å²) in [5.41, 5.74) is 2.08. The maximum atomic E-state index is 13.5. The molecule has 3 aromatic rings. The number of likely N-dealkylation sites (tertiary alicyclic amines) is 1. The molecule has 2 aromatic carbocycles. The number of benzene rings is 2. The van der Waals surface area contributed by atoms with E-state index in [2.05, 4.69) is 0 Å². The predicted octanol–water partition coefficient (Wildman–Crippen LogP) is 3.92. The van der Waals surface area contributed by atoms with Crippen LogP contribution in [0, 0.1) is 5.92 Å². The zero-order valence-electron chi connectivity index (χ0n) is 19.6. The van der Waals surface area contributed by atoms with Gasteiger partial charge in [-0.3, -0.25) is 9.59 Å². The van der Waals surface area contributed by atoms with Crippen LogP contribution in [-0.2, 0) is 29.1 Å². The van der Waals surface area contributed by atoms with Gasteiger partial charge in [0.25, 0.3) is 0 Å². The summed E-state index contributed by atoms with van der Waals surface area (Å²) in [4.78, 5) is 29.8. The maximum absolute atomic E-state index is 13.5. The van der Waals surface area contributed by atoms with E-state index >= 15 is 0 Å². The van der Waals surface area contributed by atoms with E-state index in [1.807, 2.05) is 60.7 Å². The van der Waals surface area contributed by atoms with Gasteiger partial charge in [0.05, 0.1) is 32.9 Å². The highest BCUT2D eigenvalue weighted by Gasteiger charge is 2.36. The van der Waals surface area contributed by atoms with Gasteiger partial charge in [-0.25, -0.2) is 0 Å². The lowest BCUT2D eigenvalue weighted by Gasteiger charge is -2.25. The number of furan rings is 1. The molecule has 7 heteroatoms. The molecule has 1 unspecified atom stereocenters. The fourth-order valence-corrected chi connectivity index (χ4v) is 4.32. The topological polar surface area (TPSA) is 72.2 Å². The molecule has 0 aliphatic carbocycles. The van der Waals surface area contributed by atoms with E-state index in [0.29, 0.717) is 44.1 Å². The van der Waals surface area contributed by atoms with Gasteiger partial charge >= 0.3 is 0 Å². The average molecular weight is 463 g/mol. The van der Waals surface area contributed by atoms with Crippen LogP contribution < -0.4 is 9.47 Å². The molecule has 1 atom stereocenters. The average Bonchev–Trinajstić information content (AvgIpc) is 3.51. The fraction of sp³-hybridized carbons (Fsp3) is 0.333. The first-order chi connectivity index (χ1) is 16.6. The van der Waals surface area contributed by atoms with Gasteiger partial charge in [0.15, 0.2) is 11.5 Å². The van der Waals surface area contributed by atoms with E-state index in [-0.39, 0.29) is 24.2 Å². The molecule has 0 bridgehead atoms. The normalized spacial score (nSPS) is 15.4. The van der Waals surface area contributed by atoms with Crippen LogP contribution in [0.4, 0.5) is 0 Å². The molecular weight excluding hydrogens is 432 g/mol. The largest absolute Gasteiger partial charge is 0.493 e. The molecule has 2 amide bonds. The van der Waals surface area contributed by atoms with E-state index < -0.39 is 0 Å². The summed E-state index contributed by atoms with van der Waals surface area (Å²) in [5.74, 6) is 1.67. The highest BCUT2D eigenvalue weighted by atomic mass is 16.5. The Bertz CT molecular complexity index is 1100. The first-order valence-corrected chi connectivity index (χ1v) is 11.4. The Balaban J connectivity index is 1.40. The van der Waals surface area contributed by atoms with Crippen molar-refractivity contribution in [2.75, 3.05) is 27.3 Å². The number of carbonyl (C=O) groups is 2. The van der Waals surface area contributed by atoms with Crippen molar-refractivity contribution in [3.8, 4) is 11.5 Å². The second kappa shape index (κ2) is 10.9. The molecule has 2 heterocycles. The minimum Gasteiger partial charge on any atom is -0.493 e. The van der Waals surface area contributed by atoms with Gasteiger partial charge in [0, 0.05) is 26.1 Å². The van der Waals surface area contributed by atoms with Gasteiger partial charge in [0.1, 0.15) is 5.76 Å². The SMILES string of the molecule is COc1ccc(CCN2CC(C(=O)N(Cc3ccccc3)Cc3ccco3)CC2=O)cc1OC. The Hall–Kier alpha value is -3.74. The summed E-state index contributed by atoms with van der Waals surface area (Å²) >= 11 is 0. The van der Waals surface area contributed by atoms with E-state index in [1.165, 1.54) is 0 Å². The van der Waals surface area contributed by atoms with E-state index in [9.17, 15) is 9.59 Å². The van der Waals surface area contributed by atoms with Crippen LogP contribution in [0.5, 0.6) is 11.5 Å². The summed E-state index contributed by atoms with van der Waals surface area (Å²) in [7, 11) is 3.20. The maximum Gasteiger partial charge on any atom is 0.228 e. The summed E-state index contributed by atoms with van der Waals surface area (Å²) in [5, 5.41) is 0. The molecule has 1 aromatic heterocycles. The minimum atomic E-state index is -0.364. The molecule has 7 nitrogen and oxygen atoms in total. The lowest BCUT2D eigenvalue weighted by Crippen LogP contribution is -2.37. The zero-order valence-corrected chi connectivity index (χ0v) is 19.6. The van der Waals surface area contributed by atoms with Gasteiger partial charge in [0.2, 0.25) is 11.8 Å². The molecule has 1 saturated heterocycles. The molecule has 1 fully saturated rings. The van der Waals surface area contributed by atoms with E-state index in [0.717, 1.165) is 16.9 Å². The second-order valence-corrected chi connectivity index (χ2v) is 8.44. The third kappa shape index (κ3) is 5.60. The molecule has 178 valence electrons. The van der Waals surface area contributed by atoms with E-state index in [4.69, 9.17) is 13.9 Å². The monoisotopic (exact) mass is 462 g/mol. The van der Waals surface area contributed by atoms with Crippen molar-refractivity contribution < 1.29 is 23.5 Å². The Morgan fingerprint density at radius 3 is 2.50 bits per heavy atom. The number of carbonyl (C=O) groups excluding carboxylic acids is 2. The lowest BCUT2D eigenvalue weighted by atomic mass is 10.1. The van der Waals surface area contributed by atoms with E-state index in [1.54, 1.807) is 30.3 Å². The van der Waals surface area contributed by atoms with Gasteiger partial charge in [-0.15, -0.1) is 0 Å². The number of amides is 2. The summed E-state index contributed by atoms with van der Waals surface area (Å²) in [6.07, 6.45) is 2.51. The number of rotatable bonds is 10. The van der Waals surface area contributed by atoms with Crippen molar-refractivity contribution >= 4 is 11.8 Å². The van der Waals surface area contributed by atoms with Crippen LogP contribution in [0.25, 0.3) is 0 Å². The number of nitrogens with zero attached hydrogens (tertiary/aromatic N) is 2. The third-order valence-corrected chi connectivity index (χ3v) is 6.14. The van der Waals surface area contributed by atoms with Crippen LogP contribution in [-0.4, -0.2) is 48.9 Å². The number of methoxy groups -OCH3 is 2. The molecule has 0 radical (unpaired) electrons. The summed E-state index contributed by atoms with van der Waals surface area (Å²) in [6, 6.07) is 19.3. The van der Waals surface area contributed by atoms with Gasteiger partial charge < -0.3 is 23.7 Å². The van der Waals surface area contributed by atoms with Gasteiger partial charge in [-0.05, 0) is 41.8 Å².